The van der Waals surface area contributed by atoms with Gasteiger partial charge in [0.25, 0.3) is 0 Å². The molecular weight excluding hydrogens is 260 g/mol. The molecule has 0 atom stereocenters. The van der Waals surface area contributed by atoms with Crippen molar-refractivity contribution in [3.8, 4) is 0 Å². The van der Waals surface area contributed by atoms with E-state index in [2.05, 4.69) is 5.32 Å². The van der Waals surface area contributed by atoms with Gasteiger partial charge in [-0.3, -0.25) is 4.79 Å². The van der Waals surface area contributed by atoms with E-state index in [1.165, 1.54) is 36.4 Å². The average molecular weight is 273 g/mol. The summed E-state index contributed by atoms with van der Waals surface area (Å²) in [4.78, 5) is 11.7. The van der Waals surface area contributed by atoms with E-state index < -0.39 is 11.7 Å². The van der Waals surface area contributed by atoms with Crippen molar-refractivity contribution in [1.82, 2.24) is 0 Å². The van der Waals surface area contributed by atoms with Crippen LogP contribution in [0.1, 0.15) is 11.1 Å². The zero-order valence-electron chi connectivity index (χ0n) is 10.9. The maximum atomic E-state index is 13.4. The second-order valence-electron chi connectivity index (χ2n) is 4.30. The van der Waals surface area contributed by atoms with E-state index >= 15 is 0 Å². The number of hydrogen-bond donors (Lipinski definition) is 1. The molecule has 0 unspecified atom stereocenters. The molecule has 0 radical (unpaired) electrons. The first-order valence-electron chi connectivity index (χ1n) is 6.06. The van der Waals surface area contributed by atoms with Crippen molar-refractivity contribution in [3.05, 3.63) is 71.3 Å². The Hall–Kier alpha value is -2.49. The van der Waals surface area contributed by atoms with Crippen LogP contribution in [0.5, 0.6) is 0 Å². The highest BCUT2D eigenvalue weighted by Gasteiger charge is 2.03. The summed E-state index contributed by atoms with van der Waals surface area (Å²) in [6, 6.07) is 10.2. The highest BCUT2D eigenvalue weighted by atomic mass is 19.1. The number of amides is 1. The summed E-state index contributed by atoms with van der Waals surface area (Å²) in [6.07, 6.45) is 2.63. The van der Waals surface area contributed by atoms with Gasteiger partial charge in [-0.15, -0.1) is 0 Å². The van der Waals surface area contributed by atoms with Crippen LogP contribution < -0.4 is 5.32 Å². The predicted molar refractivity (Wildman–Crippen MR) is 75.2 cm³/mol. The van der Waals surface area contributed by atoms with Gasteiger partial charge in [-0.2, -0.15) is 0 Å². The van der Waals surface area contributed by atoms with E-state index in [0.717, 1.165) is 0 Å². The van der Waals surface area contributed by atoms with Crippen LogP contribution in [0.4, 0.5) is 14.5 Å². The molecule has 1 amide bonds. The number of hydrogen-bond acceptors (Lipinski definition) is 1. The van der Waals surface area contributed by atoms with Crippen molar-refractivity contribution in [1.29, 1.82) is 0 Å². The molecule has 0 bridgehead atoms. The Kier molecular flexibility index (Phi) is 4.25. The lowest BCUT2D eigenvalue weighted by Gasteiger charge is -2.06. The standard InChI is InChI=1S/C16H13F2NO/c1-11-10-13(17)7-8-15(11)19-16(20)9-6-12-4-2-3-5-14(12)18/h2-10H,1H3,(H,19,20)/b9-6+. The molecule has 0 saturated carbocycles. The summed E-state index contributed by atoms with van der Waals surface area (Å²) >= 11 is 0. The molecule has 2 rings (SSSR count). The monoisotopic (exact) mass is 273 g/mol. The molecule has 0 spiro atoms. The molecule has 0 aromatic heterocycles. The molecule has 102 valence electrons. The molecule has 2 nitrogen and oxygen atoms in total. The molecule has 0 fully saturated rings. The maximum absolute atomic E-state index is 13.4. The molecule has 20 heavy (non-hydrogen) atoms. The lowest BCUT2D eigenvalue weighted by molar-refractivity contribution is -0.111. The summed E-state index contributed by atoms with van der Waals surface area (Å²) in [5.41, 5.74) is 1.48. The summed E-state index contributed by atoms with van der Waals surface area (Å²) < 4.78 is 26.3. The first-order valence-corrected chi connectivity index (χ1v) is 6.06. The van der Waals surface area contributed by atoms with E-state index in [1.54, 1.807) is 25.1 Å². The fourth-order valence-corrected chi connectivity index (χ4v) is 1.72. The largest absolute Gasteiger partial charge is 0.322 e. The van der Waals surface area contributed by atoms with Crippen molar-refractivity contribution in [2.45, 2.75) is 6.92 Å². The van der Waals surface area contributed by atoms with Crippen LogP contribution in [-0.4, -0.2) is 5.91 Å². The van der Waals surface area contributed by atoms with Gasteiger partial charge in [0.1, 0.15) is 11.6 Å². The smallest absolute Gasteiger partial charge is 0.248 e. The molecule has 2 aromatic carbocycles. The molecular formula is C16H13F2NO. The van der Waals surface area contributed by atoms with Crippen molar-refractivity contribution in [3.63, 3.8) is 0 Å². The van der Waals surface area contributed by atoms with E-state index in [1.807, 2.05) is 0 Å². The first kappa shape index (κ1) is 13.9. The number of carbonyl (C=O) groups is 1. The number of aryl methyl sites for hydroxylation is 1. The average Bonchev–Trinajstić information content (AvgIpc) is 2.41. The highest BCUT2D eigenvalue weighted by molar-refractivity contribution is 6.02. The third-order valence-corrected chi connectivity index (χ3v) is 2.77. The SMILES string of the molecule is Cc1cc(F)ccc1NC(=O)/C=C/c1ccccc1F. The minimum absolute atomic E-state index is 0.332. The number of rotatable bonds is 3. The van der Waals surface area contributed by atoms with Crippen molar-refractivity contribution < 1.29 is 13.6 Å². The van der Waals surface area contributed by atoms with Crippen LogP contribution in [0.15, 0.2) is 48.5 Å². The Morgan fingerprint density at radius 2 is 1.90 bits per heavy atom. The minimum Gasteiger partial charge on any atom is -0.322 e. The second kappa shape index (κ2) is 6.10. The summed E-state index contributed by atoms with van der Waals surface area (Å²) in [5.74, 6) is -1.15. The zero-order valence-corrected chi connectivity index (χ0v) is 10.9. The second-order valence-corrected chi connectivity index (χ2v) is 4.30. The zero-order chi connectivity index (χ0) is 14.5. The Morgan fingerprint density at radius 3 is 2.60 bits per heavy atom. The van der Waals surface area contributed by atoms with Crippen LogP contribution in [-0.2, 0) is 4.79 Å². The fourth-order valence-electron chi connectivity index (χ4n) is 1.72. The van der Waals surface area contributed by atoms with E-state index in [0.29, 0.717) is 16.8 Å². The Balaban J connectivity index is 2.08. The summed E-state index contributed by atoms with van der Waals surface area (Å²) in [6.45, 7) is 1.69. The molecule has 0 saturated heterocycles. The molecule has 0 aliphatic rings. The van der Waals surface area contributed by atoms with Gasteiger partial charge in [0.15, 0.2) is 0 Å². The van der Waals surface area contributed by atoms with Gasteiger partial charge in [-0.1, -0.05) is 18.2 Å². The van der Waals surface area contributed by atoms with Crippen molar-refractivity contribution >= 4 is 17.7 Å². The molecule has 0 heterocycles. The summed E-state index contributed by atoms with van der Waals surface area (Å²) in [7, 11) is 0. The lowest BCUT2D eigenvalue weighted by atomic mass is 10.2. The predicted octanol–water partition coefficient (Wildman–Crippen LogP) is 3.93. The van der Waals surface area contributed by atoms with E-state index in [-0.39, 0.29) is 5.82 Å². The lowest BCUT2D eigenvalue weighted by Crippen LogP contribution is -2.09. The van der Waals surface area contributed by atoms with Gasteiger partial charge in [0.2, 0.25) is 5.91 Å². The number of nitrogens with one attached hydrogen (secondary N) is 1. The van der Waals surface area contributed by atoms with Crippen LogP contribution in [0.25, 0.3) is 6.08 Å². The van der Waals surface area contributed by atoms with Crippen molar-refractivity contribution in [2.24, 2.45) is 0 Å². The van der Waals surface area contributed by atoms with Crippen LogP contribution in [0.2, 0.25) is 0 Å². The number of benzene rings is 2. The van der Waals surface area contributed by atoms with Gasteiger partial charge in [0, 0.05) is 17.3 Å². The van der Waals surface area contributed by atoms with Gasteiger partial charge < -0.3 is 5.32 Å². The van der Waals surface area contributed by atoms with Gasteiger partial charge >= 0.3 is 0 Å². The topological polar surface area (TPSA) is 29.1 Å². The van der Waals surface area contributed by atoms with Gasteiger partial charge in [0.05, 0.1) is 0 Å². The molecule has 1 N–H and O–H groups in total. The fraction of sp³-hybridized carbons (Fsp3) is 0.0625. The van der Waals surface area contributed by atoms with Gasteiger partial charge in [-0.05, 0) is 42.8 Å². The summed E-state index contributed by atoms with van der Waals surface area (Å²) in [5, 5.41) is 2.61. The third-order valence-electron chi connectivity index (χ3n) is 2.77. The quantitative estimate of drug-likeness (QED) is 0.844. The molecule has 2 aromatic rings. The van der Waals surface area contributed by atoms with Crippen LogP contribution in [0.3, 0.4) is 0 Å². The number of carbonyl (C=O) groups excluding carboxylic acids is 1. The van der Waals surface area contributed by atoms with E-state index in [9.17, 15) is 13.6 Å². The maximum Gasteiger partial charge on any atom is 0.248 e. The Labute approximate surface area is 115 Å². The third kappa shape index (κ3) is 3.51. The normalized spacial score (nSPS) is 10.8. The number of halogens is 2. The van der Waals surface area contributed by atoms with Crippen LogP contribution >= 0.6 is 0 Å². The Bertz CT molecular complexity index is 665. The molecule has 4 heteroatoms. The first-order chi connectivity index (χ1) is 9.56. The Morgan fingerprint density at radius 1 is 1.15 bits per heavy atom. The van der Waals surface area contributed by atoms with Gasteiger partial charge in [-0.25, -0.2) is 8.78 Å². The molecule has 0 aliphatic heterocycles. The minimum atomic E-state index is -0.400. The number of anilines is 1. The van der Waals surface area contributed by atoms with Crippen LogP contribution in [0, 0.1) is 18.6 Å². The van der Waals surface area contributed by atoms with E-state index in [4.69, 9.17) is 0 Å². The highest BCUT2D eigenvalue weighted by Crippen LogP contribution is 2.16. The molecule has 0 aliphatic carbocycles. The van der Waals surface area contributed by atoms with Crippen molar-refractivity contribution in [2.75, 3.05) is 5.32 Å².